The molecule has 1 saturated heterocycles. The predicted molar refractivity (Wildman–Crippen MR) is 115 cm³/mol. The molecule has 0 saturated carbocycles. The average Bonchev–Trinajstić information content (AvgIpc) is 3.03. The van der Waals surface area contributed by atoms with Gasteiger partial charge in [-0.15, -0.1) is 0 Å². The SMILES string of the molecule is CCn1nc(Cl)c2c(NCC3CCN(S(=N)(=O)CCNC(C)=O)CC3)ccnc21. The Balaban J connectivity index is 1.55. The first-order valence-electron chi connectivity index (χ1n) is 9.82. The highest BCUT2D eigenvalue weighted by Crippen LogP contribution is 2.29. The lowest BCUT2D eigenvalue weighted by molar-refractivity contribution is -0.118. The quantitative estimate of drug-likeness (QED) is 0.581. The Kier molecular flexibility index (Phi) is 6.97. The highest BCUT2D eigenvalue weighted by atomic mass is 35.5. The first kappa shape index (κ1) is 21.8. The van der Waals surface area contributed by atoms with E-state index in [2.05, 4.69) is 20.7 Å². The van der Waals surface area contributed by atoms with E-state index in [9.17, 15) is 9.00 Å². The van der Waals surface area contributed by atoms with Gasteiger partial charge in [-0.2, -0.15) is 5.10 Å². The number of hydrogen-bond acceptors (Lipinski definition) is 6. The summed E-state index contributed by atoms with van der Waals surface area (Å²) in [5.41, 5.74) is 1.69. The maximum atomic E-state index is 12.6. The van der Waals surface area contributed by atoms with Gasteiger partial charge in [-0.1, -0.05) is 11.6 Å². The molecule has 3 heterocycles. The average molecular weight is 442 g/mol. The molecule has 1 unspecified atom stereocenters. The number of carbonyl (C=O) groups is 1. The Morgan fingerprint density at radius 1 is 1.41 bits per heavy atom. The zero-order chi connectivity index (χ0) is 21.0. The number of fused-ring (bicyclic) bond motifs is 1. The number of aryl methyl sites for hydroxylation is 1. The molecule has 1 atom stereocenters. The summed E-state index contributed by atoms with van der Waals surface area (Å²) < 4.78 is 24.3. The zero-order valence-electron chi connectivity index (χ0n) is 16.8. The smallest absolute Gasteiger partial charge is 0.216 e. The predicted octanol–water partition coefficient (Wildman–Crippen LogP) is 2.33. The number of hydrogen-bond donors (Lipinski definition) is 3. The number of pyridine rings is 1. The lowest BCUT2D eigenvalue weighted by Crippen LogP contribution is -2.42. The maximum absolute atomic E-state index is 12.6. The number of aromatic nitrogens is 3. The van der Waals surface area contributed by atoms with E-state index in [4.69, 9.17) is 16.4 Å². The molecule has 160 valence electrons. The molecule has 1 aliphatic rings. The molecular weight excluding hydrogens is 414 g/mol. The van der Waals surface area contributed by atoms with Crippen molar-refractivity contribution in [2.45, 2.75) is 33.2 Å². The second-order valence-corrected chi connectivity index (χ2v) is 9.81. The Labute approximate surface area is 176 Å². The van der Waals surface area contributed by atoms with Crippen molar-refractivity contribution in [3.8, 4) is 0 Å². The molecule has 2 aromatic rings. The molecular formula is C18H28ClN7O2S. The molecule has 0 radical (unpaired) electrons. The summed E-state index contributed by atoms with van der Waals surface area (Å²) in [6.07, 6.45) is 3.47. The number of halogens is 1. The van der Waals surface area contributed by atoms with Crippen LogP contribution in [0.1, 0.15) is 26.7 Å². The van der Waals surface area contributed by atoms with E-state index in [1.165, 1.54) is 6.92 Å². The van der Waals surface area contributed by atoms with Gasteiger partial charge < -0.3 is 10.6 Å². The summed E-state index contributed by atoms with van der Waals surface area (Å²) in [6, 6.07) is 1.91. The van der Waals surface area contributed by atoms with Gasteiger partial charge in [0.15, 0.2) is 10.8 Å². The molecule has 11 heteroatoms. The molecule has 1 aliphatic heterocycles. The van der Waals surface area contributed by atoms with E-state index in [1.807, 2.05) is 13.0 Å². The number of nitrogens with zero attached hydrogens (tertiary/aromatic N) is 4. The number of piperidine rings is 1. The largest absolute Gasteiger partial charge is 0.384 e. The minimum Gasteiger partial charge on any atom is -0.384 e. The van der Waals surface area contributed by atoms with Gasteiger partial charge in [0.2, 0.25) is 5.91 Å². The first-order valence-corrected chi connectivity index (χ1v) is 11.9. The highest BCUT2D eigenvalue weighted by molar-refractivity contribution is 7.90. The van der Waals surface area contributed by atoms with Crippen LogP contribution in [0.2, 0.25) is 5.15 Å². The zero-order valence-corrected chi connectivity index (χ0v) is 18.4. The van der Waals surface area contributed by atoms with Gasteiger partial charge in [-0.25, -0.2) is 23.0 Å². The van der Waals surface area contributed by atoms with E-state index in [1.54, 1.807) is 15.2 Å². The van der Waals surface area contributed by atoms with Crippen LogP contribution < -0.4 is 10.6 Å². The maximum Gasteiger partial charge on any atom is 0.216 e. The fourth-order valence-corrected chi connectivity index (χ4v) is 5.29. The number of amides is 1. The third-order valence-electron chi connectivity index (χ3n) is 5.21. The Morgan fingerprint density at radius 2 is 2.14 bits per heavy atom. The molecule has 3 rings (SSSR count). The first-order chi connectivity index (χ1) is 13.8. The standard InChI is InChI=1S/C18H28ClN7O2S/c1-3-26-18-16(17(19)24-26)15(4-7-22-18)23-12-14-5-9-25(10-6-14)29(20,28)11-8-21-13(2)27/h4,7,14,20H,3,5-6,8-12H2,1-2H3,(H,21,27)(H,22,23). The summed E-state index contributed by atoms with van der Waals surface area (Å²) >= 11 is 6.32. The van der Waals surface area contributed by atoms with Crippen molar-refractivity contribution in [3.05, 3.63) is 17.4 Å². The third-order valence-corrected chi connectivity index (χ3v) is 7.44. The number of carbonyl (C=O) groups excluding carboxylic acids is 1. The van der Waals surface area contributed by atoms with Crippen LogP contribution in [0.4, 0.5) is 5.69 Å². The Morgan fingerprint density at radius 3 is 2.79 bits per heavy atom. The molecule has 0 spiro atoms. The second kappa shape index (κ2) is 9.27. The van der Waals surface area contributed by atoms with Crippen molar-refractivity contribution in [1.82, 2.24) is 24.4 Å². The van der Waals surface area contributed by atoms with Crippen molar-refractivity contribution >= 4 is 44.1 Å². The second-order valence-electron chi connectivity index (χ2n) is 7.24. The van der Waals surface area contributed by atoms with Gasteiger partial charge in [-0.05, 0) is 31.7 Å². The molecule has 2 aromatic heterocycles. The molecule has 1 amide bonds. The van der Waals surface area contributed by atoms with Gasteiger partial charge in [0, 0.05) is 51.5 Å². The van der Waals surface area contributed by atoms with Crippen molar-refractivity contribution < 1.29 is 9.00 Å². The highest BCUT2D eigenvalue weighted by Gasteiger charge is 2.25. The van der Waals surface area contributed by atoms with Crippen LogP contribution in [0.5, 0.6) is 0 Å². The monoisotopic (exact) mass is 441 g/mol. The molecule has 0 bridgehead atoms. The summed E-state index contributed by atoms with van der Waals surface area (Å²) in [4.78, 5) is 15.3. The van der Waals surface area contributed by atoms with Crippen molar-refractivity contribution in [2.24, 2.45) is 5.92 Å². The number of rotatable bonds is 8. The molecule has 9 nitrogen and oxygen atoms in total. The molecule has 0 aliphatic carbocycles. The molecule has 29 heavy (non-hydrogen) atoms. The van der Waals surface area contributed by atoms with E-state index in [-0.39, 0.29) is 18.2 Å². The Bertz CT molecular complexity index is 968. The number of nitrogens with one attached hydrogen (secondary N) is 3. The van der Waals surface area contributed by atoms with Crippen LogP contribution in [0, 0.1) is 10.7 Å². The van der Waals surface area contributed by atoms with Crippen LogP contribution in [-0.2, 0) is 21.3 Å². The van der Waals surface area contributed by atoms with Crippen molar-refractivity contribution in [2.75, 3.05) is 37.2 Å². The normalized spacial score (nSPS) is 17.9. The fraction of sp³-hybridized carbons (Fsp3) is 0.611. The minimum absolute atomic E-state index is 0.157. The topological polar surface area (TPSA) is 116 Å². The summed E-state index contributed by atoms with van der Waals surface area (Å²) in [5, 5.41) is 11.7. The third kappa shape index (κ3) is 5.18. The summed E-state index contributed by atoms with van der Waals surface area (Å²) in [7, 11) is -2.84. The van der Waals surface area contributed by atoms with Gasteiger partial charge in [0.25, 0.3) is 0 Å². The molecule has 1 fully saturated rings. The number of anilines is 1. The van der Waals surface area contributed by atoms with E-state index in [0.29, 0.717) is 30.7 Å². The van der Waals surface area contributed by atoms with Crippen LogP contribution in [0.15, 0.2) is 12.3 Å². The van der Waals surface area contributed by atoms with Gasteiger partial charge in [0.05, 0.1) is 11.1 Å². The minimum atomic E-state index is -2.84. The van der Waals surface area contributed by atoms with Crippen LogP contribution in [0.3, 0.4) is 0 Å². The Hall–Kier alpha value is -1.91. The van der Waals surface area contributed by atoms with Crippen molar-refractivity contribution in [1.29, 1.82) is 4.78 Å². The summed E-state index contributed by atoms with van der Waals surface area (Å²) in [6.45, 7) is 6.39. The lowest BCUT2D eigenvalue weighted by atomic mass is 9.98. The van der Waals surface area contributed by atoms with E-state index >= 15 is 0 Å². The van der Waals surface area contributed by atoms with Gasteiger partial charge >= 0.3 is 0 Å². The van der Waals surface area contributed by atoms with Crippen LogP contribution in [0.25, 0.3) is 11.0 Å². The van der Waals surface area contributed by atoms with Crippen LogP contribution >= 0.6 is 11.6 Å². The van der Waals surface area contributed by atoms with Gasteiger partial charge in [-0.3, -0.25) is 4.79 Å². The molecule has 0 aromatic carbocycles. The lowest BCUT2D eigenvalue weighted by Gasteiger charge is -2.33. The fourth-order valence-electron chi connectivity index (χ4n) is 3.58. The van der Waals surface area contributed by atoms with Crippen molar-refractivity contribution in [3.63, 3.8) is 0 Å². The van der Waals surface area contributed by atoms with E-state index in [0.717, 1.165) is 36.1 Å². The molecule has 3 N–H and O–H groups in total. The summed E-state index contributed by atoms with van der Waals surface area (Å²) in [5.74, 6) is 0.407. The van der Waals surface area contributed by atoms with Gasteiger partial charge in [0.1, 0.15) is 9.92 Å². The van der Waals surface area contributed by atoms with E-state index < -0.39 is 9.92 Å². The van der Waals surface area contributed by atoms with Crippen LogP contribution in [-0.4, -0.2) is 61.1 Å².